The highest BCUT2D eigenvalue weighted by molar-refractivity contribution is 9.10. The molecule has 0 saturated carbocycles. The lowest BCUT2D eigenvalue weighted by Gasteiger charge is -2.16. The summed E-state index contributed by atoms with van der Waals surface area (Å²) in [7, 11) is 4.08. The maximum atomic E-state index is 4.76. The van der Waals surface area contributed by atoms with Crippen molar-refractivity contribution in [3.8, 4) is 0 Å². The molecule has 1 atom stereocenters. The number of hydrogen-bond donors (Lipinski definition) is 1. The van der Waals surface area contributed by atoms with Crippen molar-refractivity contribution in [2.45, 2.75) is 12.5 Å². The highest BCUT2D eigenvalue weighted by Crippen LogP contribution is 2.22. The van der Waals surface area contributed by atoms with Gasteiger partial charge in [-0.3, -0.25) is 0 Å². The standard InChI is InChI=1S/C17H18BrN3/c1-19-15(12-7-9-13(18)10-8-12)11-17-20-14-5-3-4-6-16(14)21(17)2/h3-10,15,19H,11H2,1-2H3. The summed E-state index contributed by atoms with van der Waals surface area (Å²) < 4.78 is 3.28. The van der Waals surface area contributed by atoms with E-state index in [0.717, 1.165) is 22.2 Å². The zero-order valence-electron chi connectivity index (χ0n) is 12.2. The summed E-state index contributed by atoms with van der Waals surface area (Å²) >= 11 is 3.48. The van der Waals surface area contributed by atoms with E-state index < -0.39 is 0 Å². The van der Waals surface area contributed by atoms with Gasteiger partial charge in [-0.25, -0.2) is 4.98 Å². The van der Waals surface area contributed by atoms with Gasteiger partial charge in [-0.05, 0) is 36.9 Å². The van der Waals surface area contributed by atoms with Crippen molar-refractivity contribution >= 4 is 27.0 Å². The van der Waals surface area contributed by atoms with E-state index in [-0.39, 0.29) is 6.04 Å². The van der Waals surface area contributed by atoms with Crippen LogP contribution in [0.25, 0.3) is 11.0 Å². The van der Waals surface area contributed by atoms with E-state index in [1.807, 2.05) is 13.1 Å². The summed E-state index contributed by atoms with van der Waals surface area (Å²) in [5.74, 6) is 1.10. The van der Waals surface area contributed by atoms with Crippen LogP contribution in [0.2, 0.25) is 0 Å². The fourth-order valence-electron chi connectivity index (χ4n) is 2.64. The van der Waals surface area contributed by atoms with Crippen molar-refractivity contribution in [1.29, 1.82) is 0 Å². The average Bonchev–Trinajstić information content (AvgIpc) is 2.83. The van der Waals surface area contributed by atoms with Crippen LogP contribution in [-0.4, -0.2) is 16.6 Å². The van der Waals surface area contributed by atoms with Crippen molar-refractivity contribution in [3.63, 3.8) is 0 Å². The smallest absolute Gasteiger partial charge is 0.111 e. The second-order valence-electron chi connectivity index (χ2n) is 5.17. The van der Waals surface area contributed by atoms with Gasteiger partial charge in [0, 0.05) is 24.0 Å². The van der Waals surface area contributed by atoms with Gasteiger partial charge >= 0.3 is 0 Å². The van der Waals surface area contributed by atoms with Gasteiger partial charge < -0.3 is 9.88 Å². The number of para-hydroxylation sites is 2. The number of rotatable bonds is 4. The van der Waals surface area contributed by atoms with Crippen LogP contribution in [0.15, 0.2) is 53.0 Å². The van der Waals surface area contributed by atoms with Gasteiger partial charge in [0.15, 0.2) is 0 Å². The summed E-state index contributed by atoms with van der Waals surface area (Å²) in [6.45, 7) is 0. The van der Waals surface area contributed by atoms with E-state index in [4.69, 9.17) is 4.98 Å². The second kappa shape index (κ2) is 6.00. The molecule has 0 aliphatic rings. The third kappa shape index (κ3) is 2.87. The fraction of sp³-hybridized carbons (Fsp3) is 0.235. The normalized spacial score (nSPS) is 12.7. The Kier molecular flexibility index (Phi) is 4.08. The van der Waals surface area contributed by atoms with Crippen LogP contribution in [0.4, 0.5) is 0 Å². The lowest BCUT2D eigenvalue weighted by molar-refractivity contribution is 0.566. The molecule has 0 aliphatic heterocycles. The molecular formula is C17H18BrN3. The number of aromatic nitrogens is 2. The Hall–Kier alpha value is -1.65. The summed E-state index contributed by atoms with van der Waals surface area (Å²) in [6.07, 6.45) is 0.864. The van der Waals surface area contributed by atoms with E-state index in [0.29, 0.717) is 0 Å². The molecule has 0 saturated heterocycles. The lowest BCUT2D eigenvalue weighted by atomic mass is 10.0. The molecule has 0 amide bonds. The number of nitrogens with zero attached hydrogens (tertiary/aromatic N) is 2. The number of imidazole rings is 1. The van der Waals surface area contributed by atoms with Crippen LogP contribution < -0.4 is 5.32 Å². The van der Waals surface area contributed by atoms with E-state index in [1.54, 1.807) is 0 Å². The maximum absolute atomic E-state index is 4.76. The number of aryl methyl sites for hydroxylation is 1. The van der Waals surface area contributed by atoms with Crippen LogP contribution >= 0.6 is 15.9 Å². The number of likely N-dealkylation sites (N-methyl/N-ethyl adjacent to an activating group) is 1. The first-order chi connectivity index (χ1) is 10.2. The summed E-state index contributed by atoms with van der Waals surface area (Å²) in [5.41, 5.74) is 3.51. The first-order valence-electron chi connectivity index (χ1n) is 7.02. The number of fused-ring (bicyclic) bond motifs is 1. The van der Waals surface area contributed by atoms with Gasteiger partial charge in [0.2, 0.25) is 0 Å². The van der Waals surface area contributed by atoms with Gasteiger partial charge in [0.25, 0.3) is 0 Å². The number of hydrogen-bond acceptors (Lipinski definition) is 2. The number of benzene rings is 2. The van der Waals surface area contributed by atoms with E-state index >= 15 is 0 Å². The van der Waals surface area contributed by atoms with Crippen molar-refractivity contribution in [1.82, 2.24) is 14.9 Å². The molecule has 21 heavy (non-hydrogen) atoms. The maximum Gasteiger partial charge on any atom is 0.111 e. The Morgan fingerprint density at radius 3 is 2.52 bits per heavy atom. The third-order valence-corrected chi connectivity index (χ3v) is 4.42. The minimum Gasteiger partial charge on any atom is -0.331 e. The zero-order valence-corrected chi connectivity index (χ0v) is 13.8. The summed E-state index contributed by atoms with van der Waals surface area (Å²) in [6, 6.07) is 17.0. The van der Waals surface area contributed by atoms with Crippen molar-refractivity contribution in [3.05, 3.63) is 64.4 Å². The van der Waals surface area contributed by atoms with Crippen molar-refractivity contribution < 1.29 is 0 Å². The molecule has 3 nitrogen and oxygen atoms in total. The molecule has 0 bridgehead atoms. The molecule has 2 aromatic carbocycles. The van der Waals surface area contributed by atoms with E-state index in [9.17, 15) is 0 Å². The van der Waals surface area contributed by atoms with Crippen LogP contribution in [0, 0.1) is 0 Å². The zero-order chi connectivity index (χ0) is 14.8. The predicted octanol–water partition coefficient (Wildman–Crippen LogP) is 3.84. The fourth-order valence-corrected chi connectivity index (χ4v) is 2.91. The molecule has 108 valence electrons. The largest absolute Gasteiger partial charge is 0.331 e. The molecule has 0 spiro atoms. The quantitative estimate of drug-likeness (QED) is 0.779. The molecular weight excluding hydrogens is 326 g/mol. The van der Waals surface area contributed by atoms with E-state index in [1.165, 1.54) is 11.1 Å². The van der Waals surface area contributed by atoms with Gasteiger partial charge in [0.05, 0.1) is 11.0 Å². The van der Waals surface area contributed by atoms with Gasteiger partial charge in [-0.15, -0.1) is 0 Å². The van der Waals surface area contributed by atoms with Crippen LogP contribution in [0.3, 0.4) is 0 Å². The molecule has 4 heteroatoms. The van der Waals surface area contributed by atoms with Gasteiger partial charge in [0.1, 0.15) is 5.82 Å². The number of halogens is 1. The molecule has 1 heterocycles. The Bertz CT molecular complexity index is 746. The first-order valence-corrected chi connectivity index (χ1v) is 7.81. The molecule has 1 N–H and O–H groups in total. The summed E-state index contributed by atoms with van der Waals surface area (Å²) in [4.78, 5) is 4.76. The molecule has 0 aliphatic carbocycles. The molecule has 3 rings (SSSR count). The van der Waals surface area contributed by atoms with Gasteiger partial charge in [-0.1, -0.05) is 40.2 Å². The van der Waals surface area contributed by atoms with Crippen LogP contribution in [0.1, 0.15) is 17.4 Å². The number of nitrogens with one attached hydrogen (secondary N) is 1. The topological polar surface area (TPSA) is 29.9 Å². The Labute approximate surface area is 133 Å². The van der Waals surface area contributed by atoms with Crippen molar-refractivity contribution in [2.75, 3.05) is 7.05 Å². The first kappa shape index (κ1) is 14.3. The molecule has 1 aromatic heterocycles. The minimum atomic E-state index is 0.258. The van der Waals surface area contributed by atoms with E-state index in [2.05, 4.69) is 75.3 Å². The second-order valence-corrected chi connectivity index (χ2v) is 6.09. The third-order valence-electron chi connectivity index (χ3n) is 3.89. The molecule has 3 aromatic rings. The predicted molar refractivity (Wildman–Crippen MR) is 90.4 cm³/mol. The minimum absolute atomic E-state index is 0.258. The summed E-state index contributed by atoms with van der Waals surface area (Å²) in [5, 5.41) is 3.39. The monoisotopic (exact) mass is 343 g/mol. The Morgan fingerprint density at radius 2 is 1.86 bits per heavy atom. The molecule has 0 radical (unpaired) electrons. The SMILES string of the molecule is CNC(Cc1nc2ccccc2n1C)c1ccc(Br)cc1. The Morgan fingerprint density at radius 1 is 1.14 bits per heavy atom. The molecule has 0 fully saturated rings. The highest BCUT2D eigenvalue weighted by Gasteiger charge is 2.15. The van der Waals surface area contributed by atoms with Crippen LogP contribution in [0.5, 0.6) is 0 Å². The highest BCUT2D eigenvalue weighted by atomic mass is 79.9. The lowest BCUT2D eigenvalue weighted by Crippen LogP contribution is -2.20. The van der Waals surface area contributed by atoms with Gasteiger partial charge in [-0.2, -0.15) is 0 Å². The van der Waals surface area contributed by atoms with Crippen LogP contribution in [-0.2, 0) is 13.5 Å². The van der Waals surface area contributed by atoms with Crippen molar-refractivity contribution in [2.24, 2.45) is 7.05 Å². The average molecular weight is 344 g/mol. The molecule has 1 unspecified atom stereocenters. The Balaban J connectivity index is 1.92.